The maximum absolute atomic E-state index is 12.2. The van der Waals surface area contributed by atoms with Gasteiger partial charge in [-0.25, -0.2) is 8.42 Å². The van der Waals surface area contributed by atoms with Gasteiger partial charge in [-0.2, -0.15) is 4.99 Å². The van der Waals surface area contributed by atoms with E-state index in [1.54, 1.807) is 0 Å². The highest BCUT2D eigenvalue weighted by molar-refractivity contribution is 8.16. The van der Waals surface area contributed by atoms with E-state index in [2.05, 4.69) is 4.99 Å². The van der Waals surface area contributed by atoms with Crippen molar-refractivity contribution in [1.29, 1.82) is 0 Å². The molecular formula is C18H24N2O4S2. The summed E-state index contributed by atoms with van der Waals surface area (Å²) in [7, 11) is -3.06. The molecule has 8 heteroatoms. The minimum absolute atomic E-state index is 0.0860. The predicted octanol–water partition coefficient (Wildman–Crippen LogP) is 2.73. The zero-order valence-electron chi connectivity index (χ0n) is 15.2. The zero-order chi connectivity index (χ0) is 18.9. The Morgan fingerprint density at radius 2 is 2.00 bits per heavy atom. The van der Waals surface area contributed by atoms with Crippen LogP contribution >= 0.6 is 11.8 Å². The fraction of sp³-hybridized carbons (Fsp3) is 0.556. The van der Waals surface area contributed by atoms with Crippen molar-refractivity contribution in [2.75, 3.05) is 23.0 Å². The minimum Gasteiger partial charge on any atom is -0.494 e. The first-order valence-corrected chi connectivity index (χ1v) is 11.5. The molecular weight excluding hydrogens is 372 g/mol. The van der Waals surface area contributed by atoms with Crippen LogP contribution in [0.15, 0.2) is 29.3 Å². The quantitative estimate of drug-likeness (QED) is 0.762. The third-order valence-electron chi connectivity index (χ3n) is 4.30. The third-order valence-corrected chi connectivity index (χ3v) is 7.51. The second-order valence-corrected chi connectivity index (χ2v) is 10.3. The Balaban J connectivity index is 1.92. The molecule has 0 bridgehead atoms. The molecule has 3 rings (SSSR count). The van der Waals surface area contributed by atoms with Crippen molar-refractivity contribution < 1.29 is 17.9 Å². The van der Waals surface area contributed by atoms with Crippen LogP contribution in [-0.4, -0.2) is 48.9 Å². The molecule has 1 aromatic carbocycles. The first kappa shape index (κ1) is 19.2. The number of hydrogen-bond donors (Lipinski definition) is 0. The van der Waals surface area contributed by atoms with E-state index in [9.17, 15) is 13.2 Å². The van der Waals surface area contributed by atoms with E-state index in [0.29, 0.717) is 18.2 Å². The smallest absolute Gasteiger partial charge is 0.248 e. The SMILES string of the molecule is CCOc1ccc(N2C(=NC(=O)CC(C)C)S[C@@H]3CS(=O)(=O)C[C@H]32)cc1. The maximum Gasteiger partial charge on any atom is 0.248 e. The van der Waals surface area contributed by atoms with Gasteiger partial charge in [0.05, 0.1) is 24.2 Å². The summed E-state index contributed by atoms with van der Waals surface area (Å²) < 4.78 is 29.6. The molecule has 2 saturated heterocycles. The Bertz CT molecular complexity index is 803. The van der Waals surface area contributed by atoms with E-state index in [4.69, 9.17) is 4.74 Å². The van der Waals surface area contributed by atoms with Crippen molar-refractivity contribution in [2.24, 2.45) is 10.9 Å². The third kappa shape index (κ3) is 4.23. The average molecular weight is 397 g/mol. The van der Waals surface area contributed by atoms with Crippen LogP contribution in [0.1, 0.15) is 27.2 Å². The second-order valence-electron chi connectivity index (χ2n) is 6.98. The van der Waals surface area contributed by atoms with Crippen LogP contribution < -0.4 is 9.64 Å². The molecule has 142 valence electrons. The number of carbonyl (C=O) groups is 1. The molecule has 0 spiro atoms. The van der Waals surface area contributed by atoms with Gasteiger partial charge in [0.25, 0.3) is 0 Å². The van der Waals surface area contributed by atoms with E-state index in [0.717, 1.165) is 11.4 Å². The Morgan fingerprint density at radius 1 is 1.31 bits per heavy atom. The molecule has 0 aromatic heterocycles. The number of rotatable bonds is 5. The molecule has 0 N–H and O–H groups in total. The van der Waals surface area contributed by atoms with Crippen molar-refractivity contribution in [3.8, 4) is 5.75 Å². The standard InChI is InChI=1S/C18H24N2O4S2/c1-4-24-14-7-5-13(6-8-14)20-15-10-26(22,23)11-16(15)25-18(20)19-17(21)9-12(2)3/h5-8,12,15-16H,4,9-11H2,1-3H3/t15-,16-/m1/s1. The Hall–Kier alpha value is -1.54. The number of amidine groups is 1. The van der Waals surface area contributed by atoms with Gasteiger partial charge in [-0.05, 0) is 37.1 Å². The van der Waals surface area contributed by atoms with Crippen LogP contribution in [0.2, 0.25) is 0 Å². The van der Waals surface area contributed by atoms with Crippen molar-refractivity contribution in [3.63, 3.8) is 0 Å². The number of amides is 1. The Kier molecular flexibility index (Phi) is 5.62. The van der Waals surface area contributed by atoms with Crippen LogP contribution in [0.5, 0.6) is 5.75 Å². The molecule has 6 nitrogen and oxygen atoms in total. The lowest BCUT2D eigenvalue weighted by Crippen LogP contribution is -2.37. The lowest BCUT2D eigenvalue weighted by molar-refractivity contribution is -0.118. The molecule has 1 aromatic rings. The summed E-state index contributed by atoms with van der Waals surface area (Å²) in [5, 5.41) is 0.516. The van der Waals surface area contributed by atoms with E-state index >= 15 is 0 Å². The van der Waals surface area contributed by atoms with Gasteiger partial charge < -0.3 is 9.64 Å². The molecule has 0 radical (unpaired) electrons. The highest BCUT2D eigenvalue weighted by atomic mass is 32.2. The molecule has 2 aliphatic rings. The van der Waals surface area contributed by atoms with Crippen molar-refractivity contribution >= 4 is 38.4 Å². The first-order chi connectivity index (χ1) is 12.3. The van der Waals surface area contributed by atoms with E-state index in [1.165, 1.54) is 11.8 Å². The number of fused-ring (bicyclic) bond motifs is 1. The summed E-state index contributed by atoms with van der Waals surface area (Å²) in [5.74, 6) is 1.05. The molecule has 0 saturated carbocycles. The molecule has 2 fully saturated rings. The maximum atomic E-state index is 12.2. The largest absolute Gasteiger partial charge is 0.494 e. The van der Waals surface area contributed by atoms with Gasteiger partial charge in [-0.3, -0.25) is 4.79 Å². The number of carbonyl (C=O) groups excluding carboxylic acids is 1. The summed E-state index contributed by atoms with van der Waals surface area (Å²) >= 11 is 1.40. The summed E-state index contributed by atoms with van der Waals surface area (Å²) in [6.45, 7) is 6.46. The number of sulfone groups is 1. The zero-order valence-corrected chi connectivity index (χ0v) is 16.8. The monoisotopic (exact) mass is 396 g/mol. The van der Waals surface area contributed by atoms with Gasteiger partial charge in [-0.1, -0.05) is 25.6 Å². The lowest BCUT2D eigenvalue weighted by Gasteiger charge is -2.24. The number of nitrogens with zero attached hydrogens (tertiary/aromatic N) is 2. The van der Waals surface area contributed by atoms with Gasteiger partial charge in [-0.15, -0.1) is 0 Å². The number of thioether (sulfide) groups is 1. The summed E-state index contributed by atoms with van der Waals surface area (Å²) in [4.78, 5) is 18.4. The average Bonchev–Trinajstić information content (AvgIpc) is 2.98. The van der Waals surface area contributed by atoms with Crippen LogP contribution in [0.4, 0.5) is 5.69 Å². The minimum atomic E-state index is -3.06. The van der Waals surface area contributed by atoms with Crippen LogP contribution in [-0.2, 0) is 14.6 Å². The number of ether oxygens (including phenoxy) is 1. The fourth-order valence-corrected chi connectivity index (χ4v) is 7.17. The van der Waals surface area contributed by atoms with Crippen LogP contribution in [0, 0.1) is 5.92 Å². The van der Waals surface area contributed by atoms with Crippen LogP contribution in [0.25, 0.3) is 0 Å². The van der Waals surface area contributed by atoms with Crippen LogP contribution in [0.3, 0.4) is 0 Å². The van der Waals surface area contributed by atoms with Gasteiger partial charge in [0.1, 0.15) is 5.75 Å². The Morgan fingerprint density at radius 3 is 2.62 bits per heavy atom. The predicted molar refractivity (Wildman–Crippen MR) is 106 cm³/mol. The summed E-state index contributed by atoms with van der Waals surface area (Å²) in [5.41, 5.74) is 0.835. The second kappa shape index (κ2) is 7.60. The van der Waals surface area contributed by atoms with E-state index < -0.39 is 9.84 Å². The van der Waals surface area contributed by atoms with Crippen molar-refractivity contribution in [2.45, 2.75) is 38.5 Å². The van der Waals surface area contributed by atoms with Gasteiger partial charge >= 0.3 is 0 Å². The normalized spacial score (nSPS) is 25.7. The van der Waals surface area contributed by atoms with Crippen molar-refractivity contribution in [1.82, 2.24) is 0 Å². The number of aliphatic imine (C=N–C) groups is 1. The van der Waals surface area contributed by atoms with Gasteiger partial charge in [0.2, 0.25) is 5.91 Å². The summed E-state index contributed by atoms with van der Waals surface area (Å²) in [6, 6.07) is 7.30. The number of hydrogen-bond acceptors (Lipinski definition) is 5. The van der Waals surface area contributed by atoms with E-state index in [-0.39, 0.29) is 34.6 Å². The molecule has 2 heterocycles. The molecule has 26 heavy (non-hydrogen) atoms. The Labute approximate surface area is 158 Å². The summed E-state index contributed by atoms with van der Waals surface area (Å²) in [6.07, 6.45) is 0.384. The topological polar surface area (TPSA) is 76.0 Å². The molecule has 2 atom stereocenters. The van der Waals surface area contributed by atoms with Gasteiger partial charge in [0.15, 0.2) is 15.0 Å². The van der Waals surface area contributed by atoms with Crippen molar-refractivity contribution in [3.05, 3.63) is 24.3 Å². The molecule has 0 unspecified atom stereocenters. The molecule has 2 aliphatic heterocycles. The molecule has 0 aliphatic carbocycles. The first-order valence-electron chi connectivity index (χ1n) is 8.79. The number of benzene rings is 1. The van der Waals surface area contributed by atoms with E-state index in [1.807, 2.05) is 49.9 Å². The molecule has 1 amide bonds. The van der Waals surface area contributed by atoms with Gasteiger partial charge in [0, 0.05) is 17.4 Å². The lowest BCUT2D eigenvalue weighted by atomic mass is 10.1. The fourth-order valence-electron chi connectivity index (χ4n) is 3.24. The highest BCUT2D eigenvalue weighted by Crippen LogP contribution is 2.41. The number of anilines is 1. The highest BCUT2D eigenvalue weighted by Gasteiger charge is 2.49.